The van der Waals surface area contributed by atoms with E-state index in [1.165, 1.54) is 24.7 Å². The van der Waals surface area contributed by atoms with Gasteiger partial charge >= 0.3 is 6.18 Å². The Morgan fingerprint density at radius 3 is 2.58 bits per heavy atom. The normalized spacial score (nSPS) is 12.7. The molecular weight excluding hydrogens is 441 g/mol. The van der Waals surface area contributed by atoms with Crippen molar-refractivity contribution in [3.63, 3.8) is 0 Å². The van der Waals surface area contributed by atoms with Crippen LogP contribution in [0, 0.1) is 5.92 Å². The molecule has 0 fully saturated rings. The van der Waals surface area contributed by atoms with Crippen LogP contribution in [0.25, 0.3) is 22.2 Å². The molecule has 0 aliphatic carbocycles. The minimum Gasteiger partial charge on any atom is -0.387 e. The average molecular weight is 464 g/mol. The third-order valence-electron chi connectivity index (χ3n) is 4.93. The maximum atomic E-state index is 13.4. The molecule has 33 heavy (non-hydrogen) atoms. The summed E-state index contributed by atoms with van der Waals surface area (Å²) in [7, 11) is 0. The Labute approximate surface area is 186 Å². The fourth-order valence-corrected chi connectivity index (χ4v) is 3.63. The average Bonchev–Trinajstić information content (AvgIpc) is 3.15. The number of aliphatic hydroxyl groups is 1. The second-order valence-corrected chi connectivity index (χ2v) is 7.79. The van der Waals surface area contributed by atoms with Gasteiger partial charge in [0.1, 0.15) is 24.8 Å². The predicted octanol–water partition coefficient (Wildman–Crippen LogP) is 2.43. The van der Waals surface area contributed by atoms with Crippen LogP contribution in [0.2, 0.25) is 0 Å². The lowest BCUT2D eigenvalue weighted by Crippen LogP contribution is -2.51. The van der Waals surface area contributed by atoms with E-state index in [-0.39, 0.29) is 5.69 Å². The second-order valence-electron chi connectivity index (χ2n) is 7.79. The highest BCUT2D eigenvalue weighted by Crippen LogP contribution is 2.33. The monoisotopic (exact) mass is 464 g/mol. The van der Waals surface area contributed by atoms with E-state index in [1.807, 2.05) is 0 Å². The number of rotatable bonds is 8. The lowest BCUT2D eigenvalue weighted by atomic mass is 10.0. The molecule has 9 nitrogen and oxygen atoms in total. The molecule has 12 heteroatoms. The Kier molecular flexibility index (Phi) is 6.86. The van der Waals surface area contributed by atoms with Crippen LogP contribution in [0.3, 0.4) is 0 Å². The third kappa shape index (κ3) is 5.58. The molecule has 0 saturated carbocycles. The van der Waals surface area contributed by atoms with Crippen molar-refractivity contribution in [3.8, 4) is 11.1 Å². The van der Waals surface area contributed by atoms with Crippen LogP contribution in [-0.2, 0) is 9.59 Å². The Balaban J connectivity index is 2.07. The summed E-state index contributed by atoms with van der Waals surface area (Å²) in [6.45, 7) is 1.15. The number of hydrogen-bond donors (Lipinski definition) is 4. The second kappa shape index (κ2) is 9.45. The molecule has 3 heterocycles. The molecule has 0 aliphatic rings. The van der Waals surface area contributed by atoms with Crippen LogP contribution < -0.4 is 16.0 Å². The number of aliphatic hydroxyl groups excluding tert-OH is 1. The first kappa shape index (κ1) is 24.0. The highest BCUT2D eigenvalue weighted by atomic mass is 19.4. The van der Waals surface area contributed by atoms with Gasteiger partial charge in [0.15, 0.2) is 0 Å². The van der Waals surface area contributed by atoms with E-state index in [1.54, 1.807) is 26.1 Å². The quantitative estimate of drug-likeness (QED) is 0.404. The fourth-order valence-electron chi connectivity index (χ4n) is 3.63. The molecule has 0 aliphatic heterocycles. The summed E-state index contributed by atoms with van der Waals surface area (Å²) in [5.41, 5.74) is 7.35. The van der Waals surface area contributed by atoms with Gasteiger partial charge in [-0.1, -0.05) is 13.8 Å². The molecule has 3 aromatic rings. The SMILES string of the molecule is CC(C)[C@@H](C(N)=O)N(CC(F)(F)F)c1cncc(-c2c[nH]c3ncc(NC(=O)CO)cc23)c1. The molecule has 5 N–H and O–H groups in total. The number of aromatic nitrogens is 3. The number of fused-ring (bicyclic) bond motifs is 1. The lowest BCUT2D eigenvalue weighted by molar-refractivity contribution is -0.126. The van der Waals surface area contributed by atoms with Crippen molar-refractivity contribution < 1.29 is 27.9 Å². The molecular formula is C21H23F3N6O3. The minimum absolute atomic E-state index is 0.0781. The zero-order valence-electron chi connectivity index (χ0n) is 17.8. The van der Waals surface area contributed by atoms with E-state index in [0.717, 1.165) is 4.90 Å². The molecule has 0 saturated heterocycles. The maximum absolute atomic E-state index is 13.4. The predicted molar refractivity (Wildman–Crippen MR) is 116 cm³/mol. The Morgan fingerprint density at radius 2 is 1.97 bits per heavy atom. The van der Waals surface area contributed by atoms with E-state index >= 15 is 0 Å². The molecule has 176 valence electrons. The number of carbonyl (C=O) groups excluding carboxylic acids is 2. The van der Waals surface area contributed by atoms with E-state index < -0.39 is 43.1 Å². The Bertz CT molecular complexity index is 1160. The van der Waals surface area contributed by atoms with Crippen molar-refractivity contribution in [1.29, 1.82) is 0 Å². The topological polar surface area (TPSA) is 137 Å². The number of alkyl halides is 3. The molecule has 0 bridgehead atoms. The molecule has 0 spiro atoms. The van der Waals surface area contributed by atoms with Gasteiger partial charge in [-0.05, 0) is 18.1 Å². The van der Waals surface area contributed by atoms with Crippen molar-refractivity contribution in [1.82, 2.24) is 15.0 Å². The van der Waals surface area contributed by atoms with E-state index in [2.05, 4.69) is 20.3 Å². The van der Waals surface area contributed by atoms with Gasteiger partial charge in [0, 0.05) is 28.9 Å². The summed E-state index contributed by atoms with van der Waals surface area (Å²) < 4.78 is 40.1. The zero-order valence-corrected chi connectivity index (χ0v) is 17.8. The number of primary amides is 1. The number of hydrogen-bond acceptors (Lipinski definition) is 6. The van der Waals surface area contributed by atoms with Gasteiger partial charge in [-0.2, -0.15) is 13.2 Å². The zero-order chi connectivity index (χ0) is 24.3. The van der Waals surface area contributed by atoms with Gasteiger partial charge in [0.05, 0.1) is 23.8 Å². The van der Waals surface area contributed by atoms with Gasteiger partial charge in [0.2, 0.25) is 11.8 Å². The van der Waals surface area contributed by atoms with Gasteiger partial charge in [-0.25, -0.2) is 4.98 Å². The van der Waals surface area contributed by atoms with Gasteiger partial charge < -0.3 is 26.0 Å². The molecule has 3 rings (SSSR count). The van der Waals surface area contributed by atoms with Gasteiger partial charge in [-0.3, -0.25) is 14.6 Å². The summed E-state index contributed by atoms with van der Waals surface area (Å²) in [4.78, 5) is 35.6. The maximum Gasteiger partial charge on any atom is 0.405 e. The highest BCUT2D eigenvalue weighted by molar-refractivity contribution is 5.98. The number of H-pyrrole nitrogens is 1. The number of aromatic amines is 1. The standard InChI is InChI=1S/C21H23F3N6O3/c1-11(2)18(19(25)33)30(10-21(22,23)24)14-3-12(5-26-7-14)16-8-28-20-15(16)4-13(6-27-20)29-17(32)9-31/h3-8,11,18,31H,9-10H2,1-2H3,(H2,25,33)(H,27,28)(H,29,32)/t18-/m0/s1. The number of anilines is 2. The fraction of sp³-hybridized carbons (Fsp3) is 0.333. The first-order valence-electron chi connectivity index (χ1n) is 9.96. The molecule has 0 unspecified atom stereocenters. The summed E-state index contributed by atoms with van der Waals surface area (Å²) >= 11 is 0. The van der Waals surface area contributed by atoms with Crippen LogP contribution in [0.15, 0.2) is 36.9 Å². The van der Waals surface area contributed by atoms with Crippen LogP contribution >= 0.6 is 0 Å². The number of nitrogens with two attached hydrogens (primary N) is 1. The van der Waals surface area contributed by atoms with Crippen molar-refractivity contribution in [2.75, 3.05) is 23.4 Å². The number of nitrogens with zero attached hydrogens (tertiary/aromatic N) is 3. The summed E-state index contributed by atoms with van der Waals surface area (Å²) in [5, 5.41) is 12.0. The number of amides is 2. The van der Waals surface area contributed by atoms with Crippen LogP contribution in [0.5, 0.6) is 0 Å². The number of nitrogens with one attached hydrogen (secondary N) is 2. The largest absolute Gasteiger partial charge is 0.405 e. The molecule has 2 amide bonds. The molecule has 1 atom stereocenters. The number of pyridine rings is 2. The van der Waals surface area contributed by atoms with E-state index in [0.29, 0.717) is 27.8 Å². The van der Waals surface area contributed by atoms with E-state index in [4.69, 9.17) is 10.8 Å². The van der Waals surface area contributed by atoms with Crippen molar-refractivity contribution >= 4 is 34.2 Å². The van der Waals surface area contributed by atoms with Crippen molar-refractivity contribution in [3.05, 3.63) is 36.9 Å². The van der Waals surface area contributed by atoms with Crippen molar-refractivity contribution in [2.24, 2.45) is 11.7 Å². The lowest BCUT2D eigenvalue weighted by Gasteiger charge is -2.34. The van der Waals surface area contributed by atoms with Gasteiger partial charge in [-0.15, -0.1) is 0 Å². The van der Waals surface area contributed by atoms with Crippen LogP contribution in [-0.4, -0.2) is 57.2 Å². The van der Waals surface area contributed by atoms with Crippen LogP contribution in [0.1, 0.15) is 13.8 Å². The highest BCUT2D eigenvalue weighted by Gasteiger charge is 2.37. The number of halogens is 3. The Hall–Kier alpha value is -3.67. The van der Waals surface area contributed by atoms with E-state index in [9.17, 15) is 22.8 Å². The summed E-state index contributed by atoms with van der Waals surface area (Å²) in [6, 6.07) is 1.90. The summed E-state index contributed by atoms with van der Waals surface area (Å²) in [6.07, 6.45) is 1.14. The molecule has 0 radical (unpaired) electrons. The first-order chi connectivity index (χ1) is 15.5. The van der Waals surface area contributed by atoms with Crippen LogP contribution in [0.4, 0.5) is 24.5 Å². The summed E-state index contributed by atoms with van der Waals surface area (Å²) in [5.74, 6) is -1.98. The van der Waals surface area contributed by atoms with Gasteiger partial charge in [0.25, 0.3) is 0 Å². The first-order valence-corrected chi connectivity index (χ1v) is 9.96. The van der Waals surface area contributed by atoms with Crippen molar-refractivity contribution in [2.45, 2.75) is 26.1 Å². The third-order valence-corrected chi connectivity index (χ3v) is 4.93. The smallest absolute Gasteiger partial charge is 0.387 e. The molecule has 3 aromatic heterocycles. The molecule has 0 aromatic carbocycles. The Morgan fingerprint density at radius 1 is 1.24 bits per heavy atom. The number of carbonyl (C=O) groups is 2. The minimum atomic E-state index is -4.58.